The molecule has 0 saturated heterocycles. The van der Waals surface area contributed by atoms with Crippen LogP contribution in [-0.4, -0.2) is 10.1 Å². The average molecular weight is 172 g/mol. The summed E-state index contributed by atoms with van der Waals surface area (Å²) in [6.07, 6.45) is 1.34. The maximum atomic E-state index is 9.07. The number of nitrogens with zero attached hydrogens (tertiary/aromatic N) is 1. The van der Waals surface area contributed by atoms with E-state index in [9.17, 15) is 0 Å². The van der Waals surface area contributed by atoms with Crippen LogP contribution in [0.3, 0.4) is 0 Å². The molecule has 0 saturated carbocycles. The Labute approximate surface area is 70.8 Å². The summed E-state index contributed by atoms with van der Waals surface area (Å²) in [6, 6.07) is 1.64. The summed E-state index contributed by atoms with van der Waals surface area (Å²) in [7, 11) is 0. The van der Waals surface area contributed by atoms with Crippen molar-refractivity contribution in [3.8, 4) is 5.75 Å². The van der Waals surface area contributed by atoms with Crippen molar-refractivity contribution in [2.24, 2.45) is 0 Å². The van der Waals surface area contributed by atoms with Crippen LogP contribution < -0.4 is 0 Å². The Morgan fingerprint density at radius 2 is 2.18 bits per heavy atom. The molecule has 0 aliphatic rings. The van der Waals surface area contributed by atoms with Gasteiger partial charge in [-0.05, 0) is 17.5 Å². The van der Waals surface area contributed by atoms with Crippen molar-refractivity contribution >= 4 is 11.6 Å². The van der Waals surface area contributed by atoms with Crippen molar-refractivity contribution < 1.29 is 5.11 Å². The molecule has 0 spiro atoms. The molecule has 0 aliphatic carbocycles. The minimum atomic E-state index is 0.165. The number of aromatic nitrogens is 1. The minimum absolute atomic E-state index is 0.165. The zero-order valence-corrected chi connectivity index (χ0v) is 7.26. The van der Waals surface area contributed by atoms with Crippen molar-refractivity contribution in [1.29, 1.82) is 0 Å². The highest BCUT2D eigenvalue weighted by molar-refractivity contribution is 6.30. The summed E-state index contributed by atoms with van der Waals surface area (Å²) in [5.74, 6) is 0.459. The van der Waals surface area contributed by atoms with E-state index in [0.29, 0.717) is 11.1 Å². The van der Waals surface area contributed by atoms with Crippen molar-refractivity contribution in [2.75, 3.05) is 0 Å². The van der Waals surface area contributed by atoms with Crippen LogP contribution in [0.15, 0.2) is 12.3 Å². The summed E-state index contributed by atoms with van der Waals surface area (Å²) in [5, 5.41) is 9.54. The molecule has 3 heteroatoms. The summed E-state index contributed by atoms with van der Waals surface area (Å²) in [5.41, 5.74) is 0.881. The fourth-order valence-corrected chi connectivity index (χ4v) is 1.18. The van der Waals surface area contributed by atoms with Gasteiger partial charge in [-0.2, -0.15) is 0 Å². The first kappa shape index (κ1) is 8.34. The van der Waals surface area contributed by atoms with E-state index < -0.39 is 0 Å². The summed E-state index contributed by atoms with van der Waals surface area (Å²) >= 11 is 5.77. The van der Waals surface area contributed by atoms with Crippen LogP contribution >= 0.6 is 11.6 Å². The summed E-state index contributed by atoms with van der Waals surface area (Å²) in [6.45, 7) is 4.00. The predicted molar refractivity (Wildman–Crippen MR) is 45.0 cm³/mol. The second-order valence-corrected chi connectivity index (χ2v) is 3.09. The molecule has 0 fully saturated rings. The molecule has 2 nitrogen and oxygen atoms in total. The normalized spacial score (nSPS) is 10.5. The zero-order valence-electron chi connectivity index (χ0n) is 6.50. The number of aromatic hydroxyl groups is 1. The van der Waals surface area contributed by atoms with E-state index in [-0.39, 0.29) is 5.75 Å². The van der Waals surface area contributed by atoms with Crippen LogP contribution in [0.5, 0.6) is 5.75 Å². The Balaban J connectivity index is 3.13. The van der Waals surface area contributed by atoms with Crippen molar-refractivity contribution in [3.05, 3.63) is 23.0 Å². The highest BCUT2D eigenvalue weighted by Gasteiger charge is 2.06. The molecule has 1 aromatic rings. The number of rotatable bonds is 1. The standard InChI is InChI=1S/C8H10ClNO/c1-5(2)7-3-6(11)4-10-8(7)9/h3-5,11H,1-2H3. The lowest BCUT2D eigenvalue weighted by atomic mass is 10.1. The zero-order chi connectivity index (χ0) is 8.43. The van der Waals surface area contributed by atoms with E-state index in [1.807, 2.05) is 13.8 Å². The summed E-state index contributed by atoms with van der Waals surface area (Å²) in [4.78, 5) is 3.82. The second-order valence-electron chi connectivity index (χ2n) is 2.73. The van der Waals surface area contributed by atoms with Gasteiger partial charge in [-0.15, -0.1) is 0 Å². The van der Waals surface area contributed by atoms with Crippen LogP contribution in [-0.2, 0) is 0 Å². The van der Waals surface area contributed by atoms with Gasteiger partial charge in [0.1, 0.15) is 10.9 Å². The molecule has 0 aliphatic heterocycles. The smallest absolute Gasteiger partial charge is 0.134 e. The molecular weight excluding hydrogens is 162 g/mol. The molecule has 1 rings (SSSR count). The third kappa shape index (κ3) is 1.84. The maximum absolute atomic E-state index is 9.07. The number of hydrogen-bond donors (Lipinski definition) is 1. The van der Waals surface area contributed by atoms with Crippen LogP contribution in [0.4, 0.5) is 0 Å². The monoisotopic (exact) mass is 171 g/mol. The highest BCUT2D eigenvalue weighted by atomic mass is 35.5. The molecule has 1 heterocycles. The third-order valence-electron chi connectivity index (χ3n) is 1.47. The fraction of sp³-hybridized carbons (Fsp3) is 0.375. The Bertz CT molecular complexity index is 260. The largest absolute Gasteiger partial charge is 0.506 e. The number of hydrogen-bond acceptors (Lipinski definition) is 2. The molecule has 0 bridgehead atoms. The van der Waals surface area contributed by atoms with Gasteiger partial charge in [0.15, 0.2) is 0 Å². The van der Waals surface area contributed by atoms with Gasteiger partial charge in [0.25, 0.3) is 0 Å². The Kier molecular flexibility index (Phi) is 2.35. The Morgan fingerprint density at radius 3 is 2.64 bits per heavy atom. The van der Waals surface area contributed by atoms with Gasteiger partial charge in [0.2, 0.25) is 0 Å². The highest BCUT2D eigenvalue weighted by Crippen LogP contribution is 2.24. The molecule has 1 N–H and O–H groups in total. The van der Waals surface area contributed by atoms with E-state index in [1.54, 1.807) is 6.07 Å². The molecule has 0 atom stereocenters. The molecule has 60 valence electrons. The minimum Gasteiger partial charge on any atom is -0.506 e. The first-order chi connectivity index (χ1) is 5.11. The number of halogens is 1. The lowest BCUT2D eigenvalue weighted by Gasteiger charge is -2.06. The van der Waals surface area contributed by atoms with Crippen LogP contribution in [0.2, 0.25) is 5.15 Å². The van der Waals surface area contributed by atoms with Crippen molar-refractivity contribution in [1.82, 2.24) is 4.98 Å². The molecular formula is C8H10ClNO. The van der Waals surface area contributed by atoms with Crippen molar-refractivity contribution in [3.63, 3.8) is 0 Å². The van der Waals surface area contributed by atoms with E-state index >= 15 is 0 Å². The third-order valence-corrected chi connectivity index (χ3v) is 1.79. The predicted octanol–water partition coefficient (Wildman–Crippen LogP) is 2.56. The van der Waals surface area contributed by atoms with Gasteiger partial charge in [-0.1, -0.05) is 25.4 Å². The first-order valence-corrected chi connectivity index (χ1v) is 3.83. The number of pyridine rings is 1. The molecule has 0 aromatic carbocycles. The molecule has 0 amide bonds. The topological polar surface area (TPSA) is 33.1 Å². The maximum Gasteiger partial charge on any atom is 0.134 e. The van der Waals surface area contributed by atoms with Crippen LogP contribution in [0.25, 0.3) is 0 Å². The van der Waals surface area contributed by atoms with Crippen LogP contribution in [0.1, 0.15) is 25.3 Å². The van der Waals surface area contributed by atoms with E-state index in [4.69, 9.17) is 16.7 Å². The SMILES string of the molecule is CC(C)c1cc(O)cnc1Cl. The Hall–Kier alpha value is -0.760. The van der Waals surface area contributed by atoms with Gasteiger partial charge < -0.3 is 5.11 Å². The molecule has 0 unspecified atom stereocenters. The molecule has 11 heavy (non-hydrogen) atoms. The van der Waals surface area contributed by atoms with Gasteiger partial charge in [-0.25, -0.2) is 4.98 Å². The van der Waals surface area contributed by atoms with E-state index in [2.05, 4.69) is 4.98 Å². The lowest BCUT2D eigenvalue weighted by molar-refractivity contribution is 0.471. The summed E-state index contributed by atoms with van der Waals surface area (Å²) < 4.78 is 0. The average Bonchev–Trinajstić information content (AvgIpc) is 1.94. The Morgan fingerprint density at radius 1 is 1.55 bits per heavy atom. The van der Waals surface area contributed by atoms with Crippen LogP contribution in [0, 0.1) is 0 Å². The second kappa shape index (κ2) is 3.09. The van der Waals surface area contributed by atoms with E-state index in [0.717, 1.165) is 5.56 Å². The van der Waals surface area contributed by atoms with Gasteiger partial charge >= 0.3 is 0 Å². The molecule has 0 radical (unpaired) electrons. The first-order valence-electron chi connectivity index (χ1n) is 3.45. The van der Waals surface area contributed by atoms with Gasteiger partial charge in [0, 0.05) is 0 Å². The van der Waals surface area contributed by atoms with E-state index in [1.165, 1.54) is 6.20 Å². The van der Waals surface area contributed by atoms with Crippen molar-refractivity contribution in [2.45, 2.75) is 19.8 Å². The fourth-order valence-electron chi connectivity index (χ4n) is 0.858. The van der Waals surface area contributed by atoms with Gasteiger partial charge in [0.05, 0.1) is 6.20 Å². The van der Waals surface area contributed by atoms with Gasteiger partial charge in [-0.3, -0.25) is 0 Å². The molecule has 1 aromatic heterocycles. The quantitative estimate of drug-likeness (QED) is 0.659. The lowest BCUT2D eigenvalue weighted by Crippen LogP contribution is -1.90.